The van der Waals surface area contributed by atoms with Crippen LogP contribution in [-0.4, -0.2) is 37.7 Å². The normalized spacial score (nSPS) is 11.6. The summed E-state index contributed by atoms with van der Waals surface area (Å²) in [7, 11) is 0. The molecule has 288 valence electrons. The van der Waals surface area contributed by atoms with Crippen molar-refractivity contribution in [2.45, 2.75) is 175 Å². The molecule has 0 radical (unpaired) electrons. The van der Waals surface area contributed by atoms with Gasteiger partial charge in [0.15, 0.2) is 0 Å². The van der Waals surface area contributed by atoms with Crippen LogP contribution in [0.1, 0.15) is 206 Å². The van der Waals surface area contributed by atoms with Gasteiger partial charge in [-0.3, -0.25) is 0 Å². The minimum absolute atomic E-state index is 0.0532. The molecular formula is C45H72O6. The van der Waals surface area contributed by atoms with Gasteiger partial charge < -0.3 is 14.2 Å². The average Bonchev–Trinajstić information content (AvgIpc) is 3.14. The Morgan fingerprint density at radius 3 is 1.16 bits per heavy atom. The second kappa shape index (κ2) is 34.0. The van der Waals surface area contributed by atoms with E-state index in [1.165, 1.54) is 63.1 Å². The van der Waals surface area contributed by atoms with Crippen molar-refractivity contribution in [3.05, 3.63) is 71.3 Å². The van der Waals surface area contributed by atoms with Gasteiger partial charge in [-0.05, 0) is 95.2 Å². The molecule has 0 aliphatic carbocycles. The van der Waals surface area contributed by atoms with Crippen LogP contribution < -0.4 is 0 Å². The van der Waals surface area contributed by atoms with Gasteiger partial charge in [-0.2, -0.15) is 0 Å². The molecule has 0 bridgehead atoms. The molecule has 0 amide bonds. The molecule has 0 aliphatic heterocycles. The van der Waals surface area contributed by atoms with Crippen LogP contribution in [-0.2, 0) is 14.2 Å². The topological polar surface area (TPSA) is 78.9 Å². The molecule has 6 nitrogen and oxygen atoms in total. The number of carbonyl (C=O) groups excluding carboxylic acids is 3. The van der Waals surface area contributed by atoms with E-state index in [0.29, 0.717) is 6.61 Å². The van der Waals surface area contributed by atoms with Gasteiger partial charge >= 0.3 is 17.9 Å². The molecule has 1 aromatic carbocycles. The fourth-order valence-electron chi connectivity index (χ4n) is 5.64. The zero-order chi connectivity index (χ0) is 37.0. The van der Waals surface area contributed by atoms with Crippen molar-refractivity contribution in [2.75, 3.05) is 19.8 Å². The Morgan fingerprint density at radius 1 is 0.412 bits per heavy atom. The summed E-state index contributed by atoms with van der Waals surface area (Å²) in [5.41, 5.74) is 0.406. The summed E-state index contributed by atoms with van der Waals surface area (Å²) in [6.45, 7) is 7.44. The van der Waals surface area contributed by atoms with E-state index in [4.69, 9.17) is 14.2 Å². The summed E-state index contributed by atoms with van der Waals surface area (Å²) in [5, 5.41) is 0. The first-order chi connectivity index (χ1) is 25.0. The van der Waals surface area contributed by atoms with Gasteiger partial charge in [0.25, 0.3) is 0 Å². The van der Waals surface area contributed by atoms with Crippen LogP contribution in [0, 0.1) is 0 Å². The van der Waals surface area contributed by atoms with E-state index in [1.807, 2.05) is 0 Å². The van der Waals surface area contributed by atoms with Crippen molar-refractivity contribution < 1.29 is 28.6 Å². The van der Waals surface area contributed by atoms with Crippen LogP contribution in [0.3, 0.4) is 0 Å². The minimum Gasteiger partial charge on any atom is -0.462 e. The van der Waals surface area contributed by atoms with Crippen LogP contribution in [0.2, 0.25) is 0 Å². The first-order valence-electron chi connectivity index (χ1n) is 20.6. The molecule has 0 heterocycles. The highest BCUT2D eigenvalue weighted by molar-refractivity contribution is 6.05. The predicted octanol–water partition coefficient (Wildman–Crippen LogP) is 13.2. The number of carbonyl (C=O) groups is 3. The zero-order valence-corrected chi connectivity index (χ0v) is 32.7. The van der Waals surface area contributed by atoms with Gasteiger partial charge in [0.05, 0.1) is 36.5 Å². The predicted molar refractivity (Wildman–Crippen MR) is 213 cm³/mol. The lowest BCUT2D eigenvalue weighted by Crippen LogP contribution is -2.17. The maximum atomic E-state index is 13.2. The molecule has 1 aromatic rings. The highest BCUT2D eigenvalue weighted by Crippen LogP contribution is 2.18. The van der Waals surface area contributed by atoms with Crippen LogP contribution in [0.25, 0.3) is 0 Å². The van der Waals surface area contributed by atoms with Crippen molar-refractivity contribution in [2.24, 2.45) is 0 Å². The molecule has 51 heavy (non-hydrogen) atoms. The fourth-order valence-corrected chi connectivity index (χ4v) is 5.64. The van der Waals surface area contributed by atoms with E-state index in [2.05, 4.69) is 57.2 Å². The maximum absolute atomic E-state index is 13.2. The summed E-state index contributed by atoms with van der Waals surface area (Å²) < 4.78 is 16.7. The van der Waals surface area contributed by atoms with Crippen LogP contribution >= 0.6 is 0 Å². The Morgan fingerprint density at radius 2 is 0.745 bits per heavy atom. The molecule has 6 heteroatoms. The lowest BCUT2D eigenvalue weighted by atomic mass is 10.0. The zero-order valence-electron chi connectivity index (χ0n) is 32.7. The molecule has 0 unspecified atom stereocenters. The number of hydrogen-bond acceptors (Lipinski definition) is 6. The van der Waals surface area contributed by atoms with E-state index < -0.39 is 17.9 Å². The second-order valence-corrected chi connectivity index (χ2v) is 13.6. The van der Waals surface area contributed by atoms with Gasteiger partial charge in [0, 0.05) is 0 Å². The Hall–Kier alpha value is -3.15. The van der Waals surface area contributed by atoms with Crippen molar-refractivity contribution in [1.29, 1.82) is 0 Å². The van der Waals surface area contributed by atoms with Gasteiger partial charge in [-0.25, -0.2) is 14.4 Å². The Balaban J connectivity index is 2.61. The summed E-state index contributed by atoms with van der Waals surface area (Å²) in [4.78, 5) is 39.2. The minimum atomic E-state index is -0.616. The molecule has 0 saturated carbocycles. The number of ether oxygens (including phenoxy) is 3. The number of unbranched alkanes of at least 4 members (excludes halogenated alkanes) is 18. The monoisotopic (exact) mass is 709 g/mol. The summed E-state index contributed by atoms with van der Waals surface area (Å²) >= 11 is 0. The third kappa shape index (κ3) is 25.5. The molecular weight excluding hydrogens is 636 g/mol. The van der Waals surface area contributed by atoms with Gasteiger partial charge in [0.2, 0.25) is 0 Å². The second-order valence-electron chi connectivity index (χ2n) is 13.6. The smallest absolute Gasteiger partial charge is 0.339 e. The van der Waals surface area contributed by atoms with E-state index in [1.54, 1.807) is 0 Å². The summed E-state index contributed by atoms with van der Waals surface area (Å²) in [6, 6.07) is 4.45. The Bertz CT molecular complexity index is 1120. The van der Waals surface area contributed by atoms with E-state index >= 15 is 0 Å². The third-order valence-electron chi connectivity index (χ3n) is 8.81. The molecule has 0 saturated heterocycles. The summed E-state index contributed by atoms with van der Waals surface area (Å²) in [6.07, 6.45) is 39.5. The lowest BCUT2D eigenvalue weighted by Gasteiger charge is -2.12. The van der Waals surface area contributed by atoms with Crippen LogP contribution in [0.5, 0.6) is 0 Å². The molecule has 0 fully saturated rings. The van der Waals surface area contributed by atoms with E-state index in [-0.39, 0.29) is 29.9 Å². The number of hydrogen-bond donors (Lipinski definition) is 0. The molecule has 1 rings (SSSR count). The van der Waals surface area contributed by atoms with E-state index in [0.717, 1.165) is 109 Å². The van der Waals surface area contributed by atoms with Crippen molar-refractivity contribution in [3.63, 3.8) is 0 Å². The van der Waals surface area contributed by atoms with Crippen molar-refractivity contribution >= 4 is 17.9 Å². The highest BCUT2D eigenvalue weighted by atomic mass is 16.5. The SMILES string of the molecule is CCC/C=C/CCCCCCCOC(=O)c1ccc(C(=O)OCCCCCCC/C=C/CCC)c(C(=O)OCCCCCCC/C=C/CCC)c1. The average molecular weight is 709 g/mol. The molecule has 0 spiro atoms. The molecule has 0 atom stereocenters. The first-order valence-corrected chi connectivity index (χ1v) is 20.6. The number of rotatable bonds is 33. The molecule has 0 aliphatic rings. The number of allylic oxidation sites excluding steroid dienone is 6. The third-order valence-corrected chi connectivity index (χ3v) is 8.81. The van der Waals surface area contributed by atoms with Gasteiger partial charge in [-0.1, -0.05) is 134 Å². The highest BCUT2D eigenvalue weighted by Gasteiger charge is 2.22. The first kappa shape index (κ1) is 45.9. The van der Waals surface area contributed by atoms with Crippen molar-refractivity contribution in [3.8, 4) is 0 Å². The Labute approximate surface area is 311 Å². The van der Waals surface area contributed by atoms with Crippen LogP contribution in [0.4, 0.5) is 0 Å². The quantitative estimate of drug-likeness (QED) is 0.0313. The maximum Gasteiger partial charge on any atom is 0.339 e. The fraction of sp³-hybridized carbons (Fsp3) is 0.667. The number of benzene rings is 1. The molecule has 0 N–H and O–H groups in total. The van der Waals surface area contributed by atoms with E-state index in [9.17, 15) is 14.4 Å². The Kier molecular flexibility index (Phi) is 30.5. The van der Waals surface area contributed by atoms with Crippen molar-refractivity contribution in [1.82, 2.24) is 0 Å². The molecule has 0 aromatic heterocycles. The standard InChI is InChI=1S/C45H72O6/c1-4-7-10-13-16-19-22-25-28-31-36-49-43(46)40-34-35-41(44(47)50-37-32-29-26-23-20-17-14-11-8-5-2)42(39-40)45(48)51-38-33-30-27-24-21-18-15-12-9-6-3/h10-15,34-35,39H,4-9,16-33,36-38H2,1-3H3/b13-10+,14-11+,15-12+. The number of esters is 3. The largest absolute Gasteiger partial charge is 0.462 e. The van der Waals surface area contributed by atoms with Gasteiger partial charge in [0.1, 0.15) is 0 Å². The van der Waals surface area contributed by atoms with Gasteiger partial charge in [-0.15, -0.1) is 0 Å². The summed E-state index contributed by atoms with van der Waals surface area (Å²) in [5.74, 6) is -1.69. The lowest BCUT2D eigenvalue weighted by molar-refractivity contribution is 0.0448. The van der Waals surface area contributed by atoms with Crippen LogP contribution in [0.15, 0.2) is 54.7 Å².